The molecule has 1 aromatic carbocycles. The number of piperazine rings is 1. The number of amidine groups is 1. The molecule has 2 aromatic rings. The second-order valence-corrected chi connectivity index (χ2v) is 8.38. The minimum Gasteiger partial charge on any atom is -0.340 e. The van der Waals surface area contributed by atoms with Gasteiger partial charge >= 0.3 is 0 Å². The van der Waals surface area contributed by atoms with Crippen LogP contribution in [0.25, 0.3) is 11.4 Å². The zero-order valence-electron chi connectivity index (χ0n) is 19.0. The number of carbonyl (C=O) groups excluding carboxylic acids is 1. The van der Waals surface area contributed by atoms with Gasteiger partial charge in [0.15, 0.2) is 17.5 Å². The lowest BCUT2D eigenvalue weighted by molar-refractivity contribution is -0.143. The highest BCUT2D eigenvalue weighted by Crippen LogP contribution is 2.39. The van der Waals surface area contributed by atoms with Crippen LogP contribution in [0.15, 0.2) is 47.4 Å². The van der Waals surface area contributed by atoms with Crippen LogP contribution in [0.3, 0.4) is 0 Å². The Morgan fingerprint density at radius 2 is 2.09 bits per heavy atom. The number of piperidine rings is 1. The van der Waals surface area contributed by atoms with E-state index < -0.39 is 23.3 Å². The van der Waals surface area contributed by atoms with Crippen molar-refractivity contribution in [1.29, 1.82) is 0 Å². The van der Waals surface area contributed by atoms with Gasteiger partial charge in [0.05, 0.1) is 11.3 Å². The van der Waals surface area contributed by atoms with E-state index in [2.05, 4.69) is 9.88 Å². The van der Waals surface area contributed by atoms with Gasteiger partial charge in [-0.25, -0.2) is 18.8 Å². The molecule has 4 rings (SSSR count). The SMILES string of the molecule is C/C=C1\C(=N/C(C)n2ccnc2-c2cccc(F)c2F)N2CCCCC2(CC)C(=O)N1C. The fourth-order valence-corrected chi connectivity index (χ4v) is 4.99. The molecule has 0 radical (unpaired) electrons. The van der Waals surface area contributed by atoms with Crippen LogP contribution in [-0.2, 0) is 4.79 Å². The number of nitrogens with zero attached hydrogens (tertiary/aromatic N) is 5. The van der Waals surface area contributed by atoms with Gasteiger partial charge in [0.2, 0.25) is 0 Å². The van der Waals surface area contributed by atoms with Crippen molar-refractivity contribution in [2.45, 2.75) is 58.2 Å². The summed E-state index contributed by atoms with van der Waals surface area (Å²) in [6.07, 6.45) is 8.21. The van der Waals surface area contributed by atoms with Gasteiger partial charge in [-0.05, 0) is 51.7 Å². The number of allylic oxidation sites excluding steroid dienone is 1. The van der Waals surface area contributed by atoms with Gasteiger partial charge < -0.3 is 14.4 Å². The number of halogens is 2. The number of benzene rings is 1. The first-order valence-electron chi connectivity index (χ1n) is 11.1. The average Bonchev–Trinajstić information content (AvgIpc) is 3.29. The van der Waals surface area contributed by atoms with Crippen molar-refractivity contribution in [2.24, 2.45) is 4.99 Å². The summed E-state index contributed by atoms with van der Waals surface area (Å²) in [5.74, 6) is -0.687. The van der Waals surface area contributed by atoms with Crippen LogP contribution in [0.4, 0.5) is 8.78 Å². The van der Waals surface area contributed by atoms with E-state index in [1.165, 1.54) is 12.1 Å². The molecule has 1 aromatic heterocycles. The Kier molecular flexibility index (Phi) is 5.88. The maximum absolute atomic E-state index is 14.5. The second-order valence-electron chi connectivity index (χ2n) is 8.38. The van der Waals surface area contributed by atoms with Gasteiger partial charge in [0.25, 0.3) is 5.91 Å². The molecule has 2 aliphatic rings. The van der Waals surface area contributed by atoms with E-state index in [1.54, 1.807) is 28.9 Å². The van der Waals surface area contributed by atoms with Crippen LogP contribution in [0.1, 0.15) is 52.6 Å². The number of fused-ring (bicyclic) bond motifs is 1. The number of imidazole rings is 1. The highest BCUT2D eigenvalue weighted by Gasteiger charge is 2.52. The van der Waals surface area contributed by atoms with Gasteiger partial charge in [0.1, 0.15) is 17.5 Å². The zero-order chi connectivity index (χ0) is 23.0. The molecule has 1 amide bonds. The largest absolute Gasteiger partial charge is 0.340 e. The molecule has 2 atom stereocenters. The molecule has 6 nitrogen and oxygen atoms in total. The van der Waals surface area contributed by atoms with E-state index in [-0.39, 0.29) is 11.5 Å². The molecule has 8 heteroatoms. The lowest BCUT2D eigenvalue weighted by Crippen LogP contribution is -2.67. The maximum atomic E-state index is 14.5. The van der Waals surface area contributed by atoms with Crippen molar-refractivity contribution >= 4 is 11.7 Å². The summed E-state index contributed by atoms with van der Waals surface area (Å²) < 4.78 is 30.0. The summed E-state index contributed by atoms with van der Waals surface area (Å²) in [5, 5.41) is 0. The fourth-order valence-electron chi connectivity index (χ4n) is 4.99. The third-order valence-corrected chi connectivity index (χ3v) is 6.72. The predicted octanol–water partition coefficient (Wildman–Crippen LogP) is 4.76. The summed E-state index contributed by atoms with van der Waals surface area (Å²) in [5.41, 5.74) is 0.251. The molecular formula is C24H29F2N5O. The van der Waals surface area contributed by atoms with Crippen molar-refractivity contribution in [3.8, 4) is 11.4 Å². The van der Waals surface area contributed by atoms with Crippen molar-refractivity contribution in [1.82, 2.24) is 19.4 Å². The molecule has 0 aliphatic carbocycles. The standard InChI is InChI=1S/C24H29F2N5O/c1-5-19-22(31-14-8-7-12-24(31,6-2)23(32)29(19)4)28-16(3)30-15-13-27-21(30)17-10-9-11-18(25)20(17)26/h5,9-11,13,15-16H,6-8,12,14H2,1-4H3/b19-5+,28-22+. The number of aliphatic imine (C=N–C) groups is 1. The number of aromatic nitrogens is 2. The Hall–Kier alpha value is -3.03. The van der Waals surface area contributed by atoms with Gasteiger partial charge in [-0.3, -0.25) is 4.79 Å². The highest BCUT2D eigenvalue weighted by molar-refractivity contribution is 6.09. The Morgan fingerprint density at radius 3 is 2.81 bits per heavy atom. The lowest BCUT2D eigenvalue weighted by atomic mass is 9.80. The van der Waals surface area contributed by atoms with E-state index in [0.29, 0.717) is 12.2 Å². The number of rotatable bonds is 4. The van der Waals surface area contributed by atoms with Crippen molar-refractivity contribution < 1.29 is 13.6 Å². The summed E-state index contributed by atoms with van der Waals surface area (Å²) >= 11 is 0. The van der Waals surface area contributed by atoms with Crippen LogP contribution in [0.2, 0.25) is 0 Å². The van der Waals surface area contributed by atoms with Gasteiger partial charge in [0, 0.05) is 26.0 Å². The van der Waals surface area contributed by atoms with Gasteiger partial charge in [-0.1, -0.05) is 19.1 Å². The number of likely N-dealkylation sites (N-methyl/N-ethyl adjacent to an activating group) is 1. The molecule has 32 heavy (non-hydrogen) atoms. The monoisotopic (exact) mass is 441 g/mol. The molecule has 2 aliphatic heterocycles. The van der Waals surface area contributed by atoms with E-state index in [9.17, 15) is 13.6 Å². The quantitative estimate of drug-likeness (QED) is 0.688. The van der Waals surface area contributed by atoms with Crippen molar-refractivity contribution in [3.05, 3.63) is 54.0 Å². The third kappa shape index (κ3) is 3.32. The first kappa shape index (κ1) is 22.2. The van der Waals surface area contributed by atoms with Crippen LogP contribution in [0.5, 0.6) is 0 Å². The summed E-state index contributed by atoms with van der Waals surface area (Å²) in [6, 6.07) is 4.06. The molecule has 2 saturated heterocycles. The molecule has 170 valence electrons. The minimum atomic E-state index is -0.932. The lowest BCUT2D eigenvalue weighted by Gasteiger charge is -2.53. The summed E-state index contributed by atoms with van der Waals surface area (Å²) in [7, 11) is 1.80. The smallest absolute Gasteiger partial charge is 0.252 e. The Morgan fingerprint density at radius 1 is 1.31 bits per heavy atom. The molecular weight excluding hydrogens is 412 g/mol. The van der Waals surface area contributed by atoms with Crippen molar-refractivity contribution in [2.75, 3.05) is 13.6 Å². The molecule has 0 spiro atoms. The molecule has 2 fully saturated rings. The maximum Gasteiger partial charge on any atom is 0.252 e. The third-order valence-electron chi connectivity index (χ3n) is 6.72. The van der Waals surface area contributed by atoms with E-state index >= 15 is 0 Å². The number of carbonyl (C=O) groups is 1. The van der Waals surface area contributed by atoms with Crippen LogP contribution in [-0.4, -0.2) is 50.2 Å². The van der Waals surface area contributed by atoms with Crippen LogP contribution < -0.4 is 0 Å². The Bertz CT molecular complexity index is 1090. The van der Waals surface area contributed by atoms with Crippen molar-refractivity contribution in [3.63, 3.8) is 0 Å². The fraction of sp³-hybridized carbons (Fsp3) is 0.458. The summed E-state index contributed by atoms with van der Waals surface area (Å²) in [4.78, 5) is 26.5. The Balaban J connectivity index is 1.80. The van der Waals surface area contributed by atoms with Crippen LogP contribution in [0, 0.1) is 11.6 Å². The average molecular weight is 442 g/mol. The van der Waals surface area contributed by atoms with Crippen LogP contribution >= 0.6 is 0 Å². The first-order valence-corrected chi connectivity index (χ1v) is 11.1. The molecule has 2 unspecified atom stereocenters. The van der Waals surface area contributed by atoms with Gasteiger partial charge in [-0.15, -0.1) is 0 Å². The number of amides is 1. The predicted molar refractivity (Wildman–Crippen MR) is 120 cm³/mol. The zero-order valence-corrected chi connectivity index (χ0v) is 19.0. The van der Waals surface area contributed by atoms with Gasteiger partial charge in [-0.2, -0.15) is 0 Å². The molecule has 3 heterocycles. The molecule has 0 N–H and O–H groups in total. The van der Waals surface area contributed by atoms with E-state index in [4.69, 9.17) is 4.99 Å². The second kappa shape index (κ2) is 8.48. The first-order chi connectivity index (χ1) is 15.4. The van der Waals surface area contributed by atoms with E-state index in [0.717, 1.165) is 43.4 Å². The topological polar surface area (TPSA) is 53.7 Å². The highest BCUT2D eigenvalue weighted by atomic mass is 19.2. The summed E-state index contributed by atoms with van der Waals surface area (Å²) in [6.45, 7) is 6.59. The minimum absolute atomic E-state index is 0.0881. The Labute approximate surface area is 187 Å². The molecule has 0 saturated carbocycles. The number of hydrogen-bond donors (Lipinski definition) is 0. The normalized spacial score (nSPS) is 24.9. The van der Waals surface area contributed by atoms with E-state index in [1.807, 2.05) is 26.8 Å². The number of hydrogen-bond acceptors (Lipinski definition) is 3. The molecule has 0 bridgehead atoms.